The molecular formula is C17H25ClN2O. The number of hydrogen-bond acceptors (Lipinski definition) is 2. The summed E-state index contributed by atoms with van der Waals surface area (Å²) in [5.74, 6) is 0.214. The van der Waals surface area contributed by atoms with Gasteiger partial charge in [-0.05, 0) is 44.4 Å². The standard InChI is InChI=1S/C17H25ClN2O/c1-13(15-8-7-9-16(18)12-15)19-14(2)17(21)20-10-5-3-4-6-11-20/h7-9,12-14,19H,3-6,10-11H2,1-2H3/t13-,14?/m1/s1. The number of hydrogen-bond donors (Lipinski definition) is 1. The smallest absolute Gasteiger partial charge is 0.239 e. The van der Waals surface area contributed by atoms with Crippen LogP contribution in [0.3, 0.4) is 0 Å². The lowest BCUT2D eigenvalue weighted by atomic mass is 10.1. The predicted octanol–water partition coefficient (Wildman–Crippen LogP) is 3.78. The van der Waals surface area contributed by atoms with E-state index in [-0.39, 0.29) is 18.0 Å². The summed E-state index contributed by atoms with van der Waals surface area (Å²) >= 11 is 6.02. The van der Waals surface area contributed by atoms with Crippen LogP contribution in [0.4, 0.5) is 0 Å². The Morgan fingerprint density at radius 2 is 1.86 bits per heavy atom. The number of benzene rings is 1. The first kappa shape index (κ1) is 16.3. The van der Waals surface area contributed by atoms with Crippen molar-refractivity contribution < 1.29 is 4.79 Å². The Kier molecular flexibility index (Phi) is 6.07. The van der Waals surface area contributed by atoms with Crippen LogP contribution in [0.25, 0.3) is 0 Å². The molecule has 1 heterocycles. The van der Waals surface area contributed by atoms with E-state index < -0.39 is 0 Å². The summed E-state index contributed by atoms with van der Waals surface area (Å²) in [4.78, 5) is 14.5. The Labute approximate surface area is 132 Å². The van der Waals surface area contributed by atoms with Crippen LogP contribution in [-0.2, 0) is 4.79 Å². The second kappa shape index (κ2) is 7.81. The fraction of sp³-hybridized carbons (Fsp3) is 0.588. The van der Waals surface area contributed by atoms with E-state index in [1.807, 2.05) is 36.1 Å². The molecule has 21 heavy (non-hydrogen) atoms. The van der Waals surface area contributed by atoms with Gasteiger partial charge in [0.15, 0.2) is 0 Å². The van der Waals surface area contributed by atoms with Gasteiger partial charge in [0.05, 0.1) is 6.04 Å². The molecule has 116 valence electrons. The van der Waals surface area contributed by atoms with Gasteiger partial charge < -0.3 is 4.90 Å². The lowest BCUT2D eigenvalue weighted by Gasteiger charge is -2.27. The zero-order chi connectivity index (χ0) is 15.2. The highest BCUT2D eigenvalue weighted by Gasteiger charge is 2.22. The van der Waals surface area contributed by atoms with Crippen LogP contribution in [0.15, 0.2) is 24.3 Å². The van der Waals surface area contributed by atoms with E-state index in [0.29, 0.717) is 0 Å². The van der Waals surface area contributed by atoms with Crippen LogP contribution in [0, 0.1) is 0 Å². The third kappa shape index (κ3) is 4.72. The van der Waals surface area contributed by atoms with Crippen molar-refractivity contribution in [1.29, 1.82) is 0 Å². The number of amides is 1. The summed E-state index contributed by atoms with van der Waals surface area (Å²) in [6, 6.07) is 7.72. The van der Waals surface area contributed by atoms with Gasteiger partial charge >= 0.3 is 0 Å². The molecule has 1 unspecified atom stereocenters. The maximum Gasteiger partial charge on any atom is 0.239 e. The summed E-state index contributed by atoms with van der Waals surface area (Å²) in [6.07, 6.45) is 4.74. The van der Waals surface area contributed by atoms with E-state index in [2.05, 4.69) is 12.2 Å². The van der Waals surface area contributed by atoms with Gasteiger partial charge in [-0.3, -0.25) is 10.1 Å². The monoisotopic (exact) mass is 308 g/mol. The highest BCUT2D eigenvalue weighted by atomic mass is 35.5. The van der Waals surface area contributed by atoms with Gasteiger partial charge in [0, 0.05) is 24.2 Å². The van der Waals surface area contributed by atoms with Gasteiger partial charge in [-0.15, -0.1) is 0 Å². The highest BCUT2D eigenvalue weighted by molar-refractivity contribution is 6.30. The zero-order valence-electron chi connectivity index (χ0n) is 12.9. The molecule has 1 saturated heterocycles. The molecule has 1 amide bonds. The van der Waals surface area contributed by atoms with Gasteiger partial charge in [0.1, 0.15) is 0 Å². The molecule has 1 aliphatic rings. The summed E-state index contributed by atoms with van der Waals surface area (Å²) < 4.78 is 0. The van der Waals surface area contributed by atoms with Crippen molar-refractivity contribution in [1.82, 2.24) is 10.2 Å². The van der Waals surface area contributed by atoms with Crippen molar-refractivity contribution in [3.05, 3.63) is 34.9 Å². The predicted molar refractivity (Wildman–Crippen MR) is 87.5 cm³/mol. The normalized spacial score (nSPS) is 18.9. The number of likely N-dealkylation sites (tertiary alicyclic amines) is 1. The largest absolute Gasteiger partial charge is 0.341 e. The van der Waals surface area contributed by atoms with Crippen molar-refractivity contribution in [2.45, 2.75) is 51.6 Å². The summed E-state index contributed by atoms with van der Waals surface area (Å²) in [6.45, 7) is 5.82. The molecule has 0 aliphatic carbocycles. The second-order valence-electron chi connectivity index (χ2n) is 5.90. The Balaban J connectivity index is 1.93. The van der Waals surface area contributed by atoms with Gasteiger partial charge in [-0.2, -0.15) is 0 Å². The molecular weight excluding hydrogens is 284 g/mol. The first-order chi connectivity index (χ1) is 10.1. The van der Waals surface area contributed by atoms with Gasteiger partial charge in [0.25, 0.3) is 0 Å². The molecule has 0 radical (unpaired) electrons. The molecule has 4 heteroatoms. The summed E-state index contributed by atoms with van der Waals surface area (Å²) in [5, 5.41) is 4.12. The van der Waals surface area contributed by atoms with Gasteiger partial charge in [-0.1, -0.05) is 36.6 Å². The molecule has 0 spiro atoms. The Hall–Kier alpha value is -1.06. The molecule has 3 nitrogen and oxygen atoms in total. The Morgan fingerprint density at radius 3 is 2.48 bits per heavy atom. The minimum Gasteiger partial charge on any atom is -0.341 e. The lowest BCUT2D eigenvalue weighted by molar-refractivity contribution is -0.133. The molecule has 1 aromatic rings. The van der Waals surface area contributed by atoms with Crippen molar-refractivity contribution in [2.75, 3.05) is 13.1 Å². The van der Waals surface area contributed by atoms with Crippen LogP contribution >= 0.6 is 11.6 Å². The zero-order valence-corrected chi connectivity index (χ0v) is 13.7. The molecule has 1 aliphatic heterocycles. The lowest BCUT2D eigenvalue weighted by Crippen LogP contribution is -2.45. The quantitative estimate of drug-likeness (QED) is 0.918. The van der Waals surface area contributed by atoms with Gasteiger partial charge in [0.2, 0.25) is 5.91 Å². The Morgan fingerprint density at radius 1 is 1.19 bits per heavy atom. The van der Waals surface area contributed by atoms with E-state index in [9.17, 15) is 4.79 Å². The molecule has 2 rings (SSSR count). The van der Waals surface area contributed by atoms with Crippen LogP contribution in [0.1, 0.15) is 51.1 Å². The van der Waals surface area contributed by atoms with E-state index >= 15 is 0 Å². The molecule has 1 fully saturated rings. The van der Waals surface area contributed by atoms with E-state index in [0.717, 1.165) is 36.5 Å². The molecule has 0 saturated carbocycles. The average Bonchev–Trinajstić information content (AvgIpc) is 2.75. The molecule has 1 aromatic carbocycles. The van der Waals surface area contributed by atoms with Crippen LogP contribution in [0.5, 0.6) is 0 Å². The number of halogens is 1. The van der Waals surface area contributed by atoms with Crippen molar-refractivity contribution in [2.24, 2.45) is 0 Å². The molecule has 1 N–H and O–H groups in total. The molecule has 0 aromatic heterocycles. The van der Waals surface area contributed by atoms with Crippen LogP contribution < -0.4 is 5.32 Å². The summed E-state index contributed by atoms with van der Waals surface area (Å²) in [7, 11) is 0. The van der Waals surface area contributed by atoms with Crippen molar-refractivity contribution in [3.63, 3.8) is 0 Å². The SMILES string of the molecule is CC(N[C@H](C)c1cccc(Cl)c1)C(=O)N1CCCCCC1. The maximum absolute atomic E-state index is 12.5. The minimum absolute atomic E-state index is 0.106. The Bertz CT molecular complexity index is 470. The van der Waals surface area contributed by atoms with E-state index in [4.69, 9.17) is 11.6 Å². The second-order valence-corrected chi connectivity index (χ2v) is 6.34. The van der Waals surface area contributed by atoms with Gasteiger partial charge in [-0.25, -0.2) is 0 Å². The molecule has 2 atom stereocenters. The third-order valence-electron chi connectivity index (χ3n) is 4.14. The van der Waals surface area contributed by atoms with E-state index in [1.165, 1.54) is 12.8 Å². The highest BCUT2D eigenvalue weighted by Crippen LogP contribution is 2.18. The number of carbonyl (C=O) groups excluding carboxylic acids is 1. The third-order valence-corrected chi connectivity index (χ3v) is 4.37. The fourth-order valence-electron chi connectivity index (χ4n) is 2.88. The molecule has 0 bridgehead atoms. The topological polar surface area (TPSA) is 32.3 Å². The maximum atomic E-state index is 12.5. The van der Waals surface area contributed by atoms with E-state index in [1.54, 1.807) is 0 Å². The van der Waals surface area contributed by atoms with Crippen molar-refractivity contribution in [3.8, 4) is 0 Å². The first-order valence-corrected chi connectivity index (χ1v) is 8.26. The number of nitrogens with one attached hydrogen (secondary N) is 1. The summed E-state index contributed by atoms with van der Waals surface area (Å²) in [5.41, 5.74) is 1.11. The van der Waals surface area contributed by atoms with Crippen LogP contribution in [-0.4, -0.2) is 29.9 Å². The number of nitrogens with zero attached hydrogens (tertiary/aromatic N) is 1. The average molecular weight is 309 g/mol. The first-order valence-electron chi connectivity index (χ1n) is 7.88. The minimum atomic E-state index is -0.169. The van der Waals surface area contributed by atoms with Crippen molar-refractivity contribution >= 4 is 17.5 Å². The fourth-order valence-corrected chi connectivity index (χ4v) is 3.08. The number of rotatable bonds is 4. The number of carbonyl (C=O) groups is 1. The van der Waals surface area contributed by atoms with Crippen LogP contribution in [0.2, 0.25) is 5.02 Å².